The third-order valence-corrected chi connectivity index (χ3v) is 7.68. The lowest BCUT2D eigenvalue weighted by atomic mass is 10.0. The monoisotopic (exact) mass is 334 g/mol. The second kappa shape index (κ2) is 5.68. The molecule has 0 aliphatic carbocycles. The highest BCUT2D eigenvalue weighted by Gasteiger charge is 2.16. The molecule has 0 radical (unpaired) electrons. The molecule has 3 aromatic heterocycles. The SMILES string of the molecule is C1=CC(Cc2csc3c(Cc4ccsc4)csc23)CS1. The van der Waals surface area contributed by atoms with Gasteiger partial charge in [0.1, 0.15) is 0 Å². The Balaban J connectivity index is 1.61. The number of hydrogen-bond acceptors (Lipinski definition) is 4. The Kier molecular flexibility index (Phi) is 3.73. The van der Waals surface area contributed by atoms with Gasteiger partial charge in [0.2, 0.25) is 0 Å². The predicted molar refractivity (Wildman–Crippen MR) is 95.6 cm³/mol. The number of rotatable bonds is 4. The van der Waals surface area contributed by atoms with Crippen LogP contribution in [0.5, 0.6) is 0 Å². The van der Waals surface area contributed by atoms with E-state index in [1.807, 2.05) is 34.4 Å². The number of thioether (sulfide) groups is 1. The summed E-state index contributed by atoms with van der Waals surface area (Å²) in [4.78, 5) is 0. The third kappa shape index (κ3) is 2.50. The molecular formula is C16H14S4. The molecule has 1 atom stereocenters. The van der Waals surface area contributed by atoms with Crippen LogP contribution in [0.2, 0.25) is 0 Å². The van der Waals surface area contributed by atoms with Crippen LogP contribution in [0.15, 0.2) is 39.1 Å². The summed E-state index contributed by atoms with van der Waals surface area (Å²) in [7, 11) is 0. The van der Waals surface area contributed by atoms with Crippen LogP contribution in [0.3, 0.4) is 0 Å². The summed E-state index contributed by atoms with van der Waals surface area (Å²) >= 11 is 7.61. The summed E-state index contributed by atoms with van der Waals surface area (Å²) in [5.41, 5.74) is 4.51. The first-order valence-corrected chi connectivity index (χ1v) is 10.4. The maximum absolute atomic E-state index is 2.38. The Hall–Kier alpha value is -0.550. The van der Waals surface area contributed by atoms with Crippen molar-refractivity contribution in [1.29, 1.82) is 0 Å². The Bertz CT molecular complexity index is 730. The van der Waals surface area contributed by atoms with Crippen LogP contribution < -0.4 is 0 Å². The van der Waals surface area contributed by atoms with Gasteiger partial charge in [0.15, 0.2) is 0 Å². The Morgan fingerprint density at radius 3 is 2.65 bits per heavy atom. The van der Waals surface area contributed by atoms with Crippen LogP contribution in [-0.4, -0.2) is 5.75 Å². The highest BCUT2D eigenvalue weighted by atomic mass is 32.2. The van der Waals surface area contributed by atoms with E-state index >= 15 is 0 Å². The van der Waals surface area contributed by atoms with Gasteiger partial charge in [-0.2, -0.15) is 11.3 Å². The molecule has 0 bridgehead atoms. The van der Waals surface area contributed by atoms with E-state index in [2.05, 4.69) is 39.1 Å². The maximum atomic E-state index is 2.38. The molecule has 20 heavy (non-hydrogen) atoms. The predicted octanol–water partition coefficient (Wildman–Crippen LogP) is 6.03. The zero-order chi connectivity index (χ0) is 13.4. The van der Waals surface area contributed by atoms with Crippen molar-refractivity contribution in [2.24, 2.45) is 5.92 Å². The van der Waals surface area contributed by atoms with Crippen molar-refractivity contribution in [3.8, 4) is 0 Å². The zero-order valence-electron chi connectivity index (χ0n) is 10.9. The molecule has 0 nitrogen and oxygen atoms in total. The summed E-state index contributed by atoms with van der Waals surface area (Å²) in [5.74, 6) is 1.99. The van der Waals surface area contributed by atoms with Gasteiger partial charge in [-0.05, 0) is 62.0 Å². The smallest absolute Gasteiger partial charge is 0.0488 e. The van der Waals surface area contributed by atoms with E-state index in [4.69, 9.17) is 0 Å². The molecule has 102 valence electrons. The second-order valence-corrected chi connectivity index (χ2v) is 8.59. The normalized spacial score (nSPS) is 18.3. The largest absolute Gasteiger partial charge is 0.152 e. The zero-order valence-corrected chi connectivity index (χ0v) is 14.1. The van der Waals surface area contributed by atoms with Crippen molar-refractivity contribution < 1.29 is 0 Å². The van der Waals surface area contributed by atoms with E-state index in [0.717, 1.165) is 12.3 Å². The van der Waals surface area contributed by atoms with Crippen LogP contribution >= 0.6 is 45.8 Å². The summed E-state index contributed by atoms with van der Waals surface area (Å²) < 4.78 is 3.05. The lowest BCUT2D eigenvalue weighted by Crippen LogP contribution is -1.99. The highest BCUT2D eigenvalue weighted by Crippen LogP contribution is 2.38. The maximum Gasteiger partial charge on any atom is 0.0488 e. The molecule has 4 heterocycles. The van der Waals surface area contributed by atoms with E-state index < -0.39 is 0 Å². The van der Waals surface area contributed by atoms with Crippen LogP contribution in [0.1, 0.15) is 16.7 Å². The van der Waals surface area contributed by atoms with Crippen molar-refractivity contribution in [3.05, 3.63) is 55.8 Å². The molecule has 1 unspecified atom stereocenters. The minimum Gasteiger partial charge on any atom is -0.152 e. The summed E-state index contributed by atoms with van der Waals surface area (Å²) in [6, 6.07) is 2.24. The number of thiophene rings is 3. The fraction of sp³-hybridized carbons (Fsp3) is 0.250. The first-order chi connectivity index (χ1) is 9.90. The van der Waals surface area contributed by atoms with Gasteiger partial charge in [0, 0.05) is 21.6 Å². The molecule has 0 fully saturated rings. The lowest BCUT2D eigenvalue weighted by Gasteiger charge is -2.04. The molecule has 0 saturated carbocycles. The molecule has 0 spiro atoms. The van der Waals surface area contributed by atoms with Crippen LogP contribution in [0.25, 0.3) is 9.40 Å². The summed E-state index contributed by atoms with van der Waals surface area (Å²) in [6.45, 7) is 0. The highest BCUT2D eigenvalue weighted by molar-refractivity contribution is 8.02. The second-order valence-electron chi connectivity index (χ2n) is 5.11. The van der Waals surface area contributed by atoms with Gasteiger partial charge in [0.25, 0.3) is 0 Å². The molecule has 1 aliphatic rings. The first kappa shape index (κ1) is 13.1. The van der Waals surface area contributed by atoms with Crippen LogP contribution in [-0.2, 0) is 12.8 Å². The standard InChI is InChI=1S/C16H14S4/c1-3-17-7-11(1)5-13-9-19-16-14(10-20-15(13)16)6-12-2-4-18-8-12/h1-4,7,9-10,12H,5-6,8H2. The topological polar surface area (TPSA) is 0 Å². The van der Waals surface area contributed by atoms with Gasteiger partial charge in [-0.15, -0.1) is 34.4 Å². The van der Waals surface area contributed by atoms with Crippen molar-refractivity contribution in [1.82, 2.24) is 0 Å². The lowest BCUT2D eigenvalue weighted by molar-refractivity contribution is 0.752. The van der Waals surface area contributed by atoms with Gasteiger partial charge in [-0.25, -0.2) is 0 Å². The van der Waals surface area contributed by atoms with Gasteiger partial charge in [-0.1, -0.05) is 6.08 Å². The van der Waals surface area contributed by atoms with Crippen LogP contribution in [0, 0.1) is 5.92 Å². The Morgan fingerprint density at radius 1 is 1.05 bits per heavy atom. The van der Waals surface area contributed by atoms with Crippen molar-refractivity contribution >= 4 is 55.2 Å². The third-order valence-electron chi connectivity index (χ3n) is 3.64. The number of hydrogen-bond donors (Lipinski definition) is 0. The Morgan fingerprint density at radius 2 is 1.90 bits per heavy atom. The van der Waals surface area contributed by atoms with Crippen molar-refractivity contribution in [2.45, 2.75) is 12.8 Å². The summed E-state index contributed by atoms with van der Waals surface area (Å²) in [5, 5.41) is 11.4. The molecular weight excluding hydrogens is 320 g/mol. The van der Waals surface area contributed by atoms with Gasteiger partial charge in [-0.3, -0.25) is 0 Å². The fourth-order valence-corrected chi connectivity index (χ4v) is 6.62. The average molecular weight is 335 g/mol. The first-order valence-electron chi connectivity index (χ1n) is 6.66. The van der Waals surface area contributed by atoms with E-state index in [1.54, 1.807) is 16.9 Å². The van der Waals surface area contributed by atoms with Gasteiger partial charge >= 0.3 is 0 Å². The van der Waals surface area contributed by atoms with Crippen molar-refractivity contribution in [2.75, 3.05) is 5.75 Å². The van der Waals surface area contributed by atoms with E-state index in [9.17, 15) is 0 Å². The minimum atomic E-state index is 0.736. The average Bonchev–Trinajstić information content (AvgIpc) is 3.20. The molecule has 0 aromatic carbocycles. The van der Waals surface area contributed by atoms with Crippen molar-refractivity contribution in [3.63, 3.8) is 0 Å². The fourth-order valence-electron chi connectivity index (χ4n) is 2.60. The van der Waals surface area contributed by atoms with E-state index in [1.165, 1.54) is 32.7 Å². The molecule has 0 amide bonds. The quantitative estimate of drug-likeness (QED) is 0.561. The number of fused-ring (bicyclic) bond motifs is 1. The van der Waals surface area contributed by atoms with Gasteiger partial charge in [0.05, 0.1) is 0 Å². The minimum absolute atomic E-state index is 0.736. The Labute approximate surface area is 135 Å². The van der Waals surface area contributed by atoms with Gasteiger partial charge < -0.3 is 0 Å². The molecule has 3 aromatic rings. The van der Waals surface area contributed by atoms with E-state index in [-0.39, 0.29) is 0 Å². The molecule has 4 rings (SSSR count). The number of allylic oxidation sites excluding steroid dienone is 1. The van der Waals surface area contributed by atoms with Crippen LogP contribution in [0.4, 0.5) is 0 Å². The molecule has 0 saturated heterocycles. The van der Waals surface area contributed by atoms with E-state index in [0.29, 0.717) is 0 Å². The molecule has 4 heteroatoms. The molecule has 1 aliphatic heterocycles. The summed E-state index contributed by atoms with van der Waals surface area (Å²) in [6.07, 6.45) is 4.67. The molecule has 0 N–H and O–H groups in total.